The summed E-state index contributed by atoms with van der Waals surface area (Å²) in [4.78, 5) is 15.9. The van der Waals surface area contributed by atoms with Gasteiger partial charge in [-0.3, -0.25) is 4.79 Å². The van der Waals surface area contributed by atoms with Crippen molar-refractivity contribution < 1.29 is 17.9 Å². The molecule has 0 saturated carbocycles. The van der Waals surface area contributed by atoms with Crippen molar-refractivity contribution >= 4 is 21.6 Å². The van der Waals surface area contributed by atoms with Crippen LogP contribution in [0.5, 0.6) is 0 Å². The minimum atomic E-state index is -3.69. The Kier molecular flexibility index (Phi) is 6.40. The number of fused-ring (bicyclic) bond motifs is 1. The van der Waals surface area contributed by atoms with Crippen LogP contribution < -0.4 is 10.2 Å². The fourth-order valence-electron chi connectivity index (χ4n) is 5.17. The molecule has 8 heteroatoms. The lowest BCUT2D eigenvalue weighted by atomic mass is 9.87. The molecule has 1 N–H and O–H groups in total. The third-order valence-corrected chi connectivity index (χ3v) is 8.84. The summed E-state index contributed by atoms with van der Waals surface area (Å²) in [5.74, 6) is -0.211. The molecule has 0 bridgehead atoms. The number of carbonyl (C=O) groups is 1. The molecule has 2 fully saturated rings. The first-order chi connectivity index (χ1) is 16.0. The van der Waals surface area contributed by atoms with Crippen molar-refractivity contribution in [2.24, 2.45) is 0 Å². The fraction of sp³-hybridized carbons (Fsp3) is 0.480. The number of rotatable bonds is 5. The predicted octanol–water partition coefficient (Wildman–Crippen LogP) is 3.12. The first-order valence-electron chi connectivity index (χ1n) is 11.9. The van der Waals surface area contributed by atoms with E-state index in [4.69, 9.17) is 4.74 Å². The monoisotopic (exact) mass is 469 g/mol. The van der Waals surface area contributed by atoms with Gasteiger partial charge in [-0.15, -0.1) is 0 Å². The molecule has 5 rings (SSSR count). The highest BCUT2D eigenvalue weighted by molar-refractivity contribution is 7.89. The van der Waals surface area contributed by atoms with Crippen LogP contribution >= 0.6 is 0 Å². The van der Waals surface area contributed by atoms with Gasteiger partial charge in [0.15, 0.2) is 0 Å². The molecule has 0 aromatic heterocycles. The van der Waals surface area contributed by atoms with Crippen LogP contribution in [0, 0.1) is 0 Å². The van der Waals surface area contributed by atoms with Gasteiger partial charge in [-0.25, -0.2) is 8.42 Å². The van der Waals surface area contributed by atoms with E-state index in [1.807, 2.05) is 18.2 Å². The Bertz CT molecular complexity index is 1120. The van der Waals surface area contributed by atoms with Crippen LogP contribution in [0.1, 0.15) is 53.2 Å². The number of hydrogen-bond acceptors (Lipinski definition) is 5. The summed E-state index contributed by atoms with van der Waals surface area (Å²) in [7, 11) is -3.69. The molecule has 2 aromatic carbocycles. The van der Waals surface area contributed by atoms with Crippen molar-refractivity contribution in [3.63, 3.8) is 0 Å². The summed E-state index contributed by atoms with van der Waals surface area (Å²) >= 11 is 0. The zero-order valence-corrected chi connectivity index (χ0v) is 19.6. The maximum atomic E-state index is 13.6. The minimum absolute atomic E-state index is 0.0617. The quantitative estimate of drug-likeness (QED) is 0.728. The summed E-state index contributed by atoms with van der Waals surface area (Å²) in [5.41, 5.74) is 3.69. The van der Waals surface area contributed by atoms with Crippen LogP contribution in [0.15, 0.2) is 47.4 Å². The molecule has 2 aromatic rings. The van der Waals surface area contributed by atoms with E-state index in [2.05, 4.69) is 22.3 Å². The van der Waals surface area contributed by atoms with E-state index >= 15 is 0 Å². The average Bonchev–Trinajstić information content (AvgIpc) is 3.39. The van der Waals surface area contributed by atoms with Gasteiger partial charge in [0.25, 0.3) is 5.91 Å². The molecule has 1 unspecified atom stereocenters. The molecule has 2 saturated heterocycles. The molecular weight excluding hydrogens is 438 g/mol. The summed E-state index contributed by atoms with van der Waals surface area (Å²) in [5, 5.41) is 3.22. The van der Waals surface area contributed by atoms with Crippen LogP contribution in [-0.4, -0.2) is 58.0 Å². The van der Waals surface area contributed by atoms with Gasteiger partial charge in [-0.05, 0) is 61.4 Å². The van der Waals surface area contributed by atoms with E-state index in [1.165, 1.54) is 9.87 Å². The highest BCUT2D eigenvalue weighted by atomic mass is 32.2. The average molecular weight is 470 g/mol. The number of nitrogens with one attached hydrogen (secondary N) is 1. The van der Waals surface area contributed by atoms with Crippen LogP contribution in [0.2, 0.25) is 0 Å². The number of ether oxygens (including phenoxy) is 1. The van der Waals surface area contributed by atoms with Crippen LogP contribution in [0.25, 0.3) is 0 Å². The molecule has 2 aliphatic heterocycles. The first-order valence-corrected chi connectivity index (χ1v) is 13.3. The summed E-state index contributed by atoms with van der Waals surface area (Å²) < 4.78 is 33.3. The Morgan fingerprint density at radius 2 is 1.73 bits per heavy atom. The topological polar surface area (TPSA) is 79.0 Å². The molecule has 1 amide bonds. The SMILES string of the molecule is O=C(NC1CCCc2ccccc21)c1cc(S(=O)(=O)N2CCOCC2)ccc1N1CCCC1. The molecule has 1 aliphatic carbocycles. The van der Waals surface area contributed by atoms with E-state index in [0.717, 1.165) is 56.4 Å². The highest BCUT2D eigenvalue weighted by Gasteiger charge is 2.30. The molecule has 33 heavy (non-hydrogen) atoms. The van der Waals surface area contributed by atoms with E-state index in [9.17, 15) is 13.2 Å². The number of benzene rings is 2. The molecule has 3 aliphatic rings. The van der Waals surface area contributed by atoms with Crippen molar-refractivity contribution in [2.45, 2.75) is 43.0 Å². The number of carbonyl (C=O) groups excluding carboxylic acids is 1. The van der Waals surface area contributed by atoms with Crippen LogP contribution in [0.4, 0.5) is 5.69 Å². The predicted molar refractivity (Wildman–Crippen MR) is 127 cm³/mol. The lowest BCUT2D eigenvalue weighted by Crippen LogP contribution is -2.40. The normalized spacial score (nSPS) is 21.6. The van der Waals surface area contributed by atoms with Gasteiger partial charge >= 0.3 is 0 Å². The lowest BCUT2D eigenvalue weighted by Gasteiger charge is -2.29. The van der Waals surface area contributed by atoms with Gasteiger partial charge in [0.2, 0.25) is 10.0 Å². The van der Waals surface area contributed by atoms with Gasteiger partial charge in [-0.1, -0.05) is 24.3 Å². The Labute approximate surface area is 195 Å². The Morgan fingerprint density at radius 1 is 0.970 bits per heavy atom. The number of morpholine rings is 1. The Morgan fingerprint density at radius 3 is 2.52 bits per heavy atom. The standard InChI is InChI=1S/C25H31N3O4S/c29-25(26-23-9-5-7-19-6-1-2-8-21(19)23)22-18-20(10-11-24(22)27-12-3-4-13-27)33(30,31)28-14-16-32-17-15-28/h1-2,6,8,10-11,18,23H,3-5,7,9,12-17H2,(H,26,29). The second-order valence-corrected chi connectivity index (χ2v) is 10.9. The zero-order chi connectivity index (χ0) is 22.8. The third-order valence-electron chi connectivity index (χ3n) is 6.94. The van der Waals surface area contributed by atoms with E-state index < -0.39 is 10.0 Å². The molecular formula is C25H31N3O4S. The number of aryl methyl sites for hydroxylation is 1. The number of hydrogen-bond donors (Lipinski definition) is 1. The number of nitrogens with zero attached hydrogens (tertiary/aromatic N) is 2. The van der Waals surface area contributed by atoms with Crippen molar-refractivity contribution in [3.8, 4) is 0 Å². The molecule has 1 atom stereocenters. The van der Waals surface area contributed by atoms with E-state index in [1.54, 1.807) is 12.1 Å². The van der Waals surface area contributed by atoms with Gasteiger partial charge in [0.05, 0.1) is 29.7 Å². The summed E-state index contributed by atoms with van der Waals surface area (Å²) in [6.07, 6.45) is 5.07. The molecule has 7 nitrogen and oxygen atoms in total. The second kappa shape index (κ2) is 9.44. The maximum Gasteiger partial charge on any atom is 0.253 e. The number of anilines is 1. The van der Waals surface area contributed by atoms with E-state index in [-0.39, 0.29) is 16.8 Å². The van der Waals surface area contributed by atoms with Crippen molar-refractivity contribution in [1.82, 2.24) is 9.62 Å². The van der Waals surface area contributed by atoms with Crippen LogP contribution in [0.3, 0.4) is 0 Å². The molecule has 176 valence electrons. The minimum Gasteiger partial charge on any atom is -0.379 e. The Balaban J connectivity index is 1.48. The molecule has 0 spiro atoms. The van der Waals surface area contributed by atoms with Gasteiger partial charge < -0.3 is 15.0 Å². The third kappa shape index (κ3) is 4.52. The fourth-order valence-corrected chi connectivity index (χ4v) is 6.60. The zero-order valence-electron chi connectivity index (χ0n) is 18.8. The van der Waals surface area contributed by atoms with Crippen molar-refractivity contribution in [1.29, 1.82) is 0 Å². The smallest absolute Gasteiger partial charge is 0.253 e. The second-order valence-electron chi connectivity index (χ2n) is 9.01. The van der Waals surface area contributed by atoms with Crippen molar-refractivity contribution in [2.75, 3.05) is 44.3 Å². The summed E-state index contributed by atoms with van der Waals surface area (Å²) in [6.45, 7) is 3.19. The highest BCUT2D eigenvalue weighted by Crippen LogP contribution is 2.32. The van der Waals surface area contributed by atoms with E-state index in [0.29, 0.717) is 31.9 Å². The van der Waals surface area contributed by atoms with Gasteiger partial charge in [-0.2, -0.15) is 4.31 Å². The number of sulfonamides is 1. The Hall–Kier alpha value is -2.42. The molecule has 0 radical (unpaired) electrons. The maximum absolute atomic E-state index is 13.6. The van der Waals surface area contributed by atoms with Gasteiger partial charge in [0.1, 0.15) is 0 Å². The first kappa shape index (κ1) is 22.4. The molecule has 2 heterocycles. The van der Waals surface area contributed by atoms with Crippen molar-refractivity contribution in [3.05, 3.63) is 59.2 Å². The van der Waals surface area contributed by atoms with Crippen LogP contribution in [-0.2, 0) is 21.2 Å². The van der Waals surface area contributed by atoms with Gasteiger partial charge in [0, 0.05) is 31.9 Å². The summed E-state index contributed by atoms with van der Waals surface area (Å²) in [6, 6.07) is 13.2. The largest absolute Gasteiger partial charge is 0.379 e. The number of amides is 1. The lowest BCUT2D eigenvalue weighted by molar-refractivity contribution is 0.0730.